The van der Waals surface area contributed by atoms with Gasteiger partial charge in [-0.2, -0.15) is 5.10 Å². The maximum Gasteiger partial charge on any atom is 0.287 e. The van der Waals surface area contributed by atoms with Crippen LogP contribution in [0.5, 0.6) is 0 Å². The molecule has 1 N–H and O–H groups in total. The number of halogens is 3. The second kappa shape index (κ2) is 5.71. The monoisotopic (exact) mass is 345 g/mol. The van der Waals surface area contributed by atoms with Crippen molar-refractivity contribution in [3.8, 4) is 0 Å². The van der Waals surface area contributed by atoms with Crippen molar-refractivity contribution in [3.05, 3.63) is 55.6 Å². The fourth-order valence-electron chi connectivity index (χ4n) is 1.50. The highest BCUT2D eigenvalue weighted by molar-refractivity contribution is 9.10. The largest absolute Gasteiger partial charge is 0.378 e. The number of benzene rings is 1. The quantitative estimate of drug-likeness (QED) is 0.929. The molecule has 2 rings (SSSR count). The van der Waals surface area contributed by atoms with Crippen LogP contribution in [0.4, 0.5) is 10.1 Å². The molecule has 0 aliphatic heterocycles. The molecule has 2 aromatic rings. The van der Waals surface area contributed by atoms with Gasteiger partial charge >= 0.3 is 0 Å². The number of nitrogens with zero attached hydrogens (tertiary/aromatic N) is 2. The van der Waals surface area contributed by atoms with E-state index >= 15 is 0 Å². The SMILES string of the molecule is Cn1ncc(NCc2cc(F)ccc2Br)c(Cl)c1=O. The zero-order chi connectivity index (χ0) is 14.0. The minimum Gasteiger partial charge on any atom is -0.378 e. The van der Waals surface area contributed by atoms with Gasteiger partial charge in [-0.1, -0.05) is 27.5 Å². The average Bonchev–Trinajstić information content (AvgIpc) is 2.39. The van der Waals surface area contributed by atoms with Gasteiger partial charge in [0.05, 0.1) is 11.9 Å². The molecule has 0 bridgehead atoms. The molecule has 0 spiro atoms. The molecular weight excluding hydrogens is 337 g/mol. The van der Waals surface area contributed by atoms with Crippen LogP contribution in [0, 0.1) is 5.82 Å². The summed E-state index contributed by atoms with van der Waals surface area (Å²) in [5.74, 6) is -0.326. The van der Waals surface area contributed by atoms with Crippen molar-refractivity contribution in [2.24, 2.45) is 7.05 Å². The Labute approximate surface area is 122 Å². The fourth-order valence-corrected chi connectivity index (χ4v) is 2.13. The van der Waals surface area contributed by atoms with E-state index in [1.165, 1.54) is 25.4 Å². The molecule has 1 aromatic heterocycles. The Morgan fingerprint density at radius 1 is 1.53 bits per heavy atom. The third-order valence-electron chi connectivity index (χ3n) is 2.56. The van der Waals surface area contributed by atoms with Gasteiger partial charge in [-0.05, 0) is 23.8 Å². The van der Waals surface area contributed by atoms with Gasteiger partial charge in [0.25, 0.3) is 5.56 Å². The Morgan fingerprint density at radius 2 is 2.26 bits per heavy atom. The van der Waals surface area contributed by atoms with Gasteiger partial charge in [-0.3, -0.25) is 4.79 Å². The molecule has 1 heterocycles. The van der Waals surface area contributed by atoms with Crippen molar-refractivity contribution in [1.29, 1.82) is 0 Å². The van der Waals surface area contributed by atoms with Crippen LogP contribution in [0.2, 0.25) is 5.02 Å². The Morgan fingerprint density at radius 3 is 3.00 bits per heavy atom. The lowest BCUT2D eigenvalue weighted by atomic mass is 10.2. The normalized spacial score (nSPS) is 10.5. The summed E-state index contributed by atoms with van der Waals surface area (Å²) in [5, 5.41) is 6.88. The highest BCUT2D eigenvalue weighted by atomic mass is 79.9. The van der Waals surface area contributed by atoms with Crippen LogP contribution < -0.4 is 10.9 Å². The second-order valence-corrected chi connectivity index (χ2v) is 5.12. The van der Waals surface area contributed by atoms with E-state index in [9.17, 15) is 9.18 Å². The predicted molar refractivity (Wildman–Crippen MR) is 75.9 cm³/mol. The first-order valence-electron chi connectivity index (χ1n) is 5.38. The number of hydrogen-bond donors (Lipinski definition) is 1. The number of aromatic nitrogens is 2. The van der Waals surface area contributed by atoms with E-state index in [1.807, 2.05) is 0 Å². The molecule has 0 aliphatic carbocycles. The first kappa shape index (κ1) is 14.0. The van der Waals surface area contributed by atoms with Gasteiger partial charge in [0.1, 0.15) is 10.8 Å². The van der Waals surface area contributed by atoms with Gasteiger partial charge in [0.15, 0.2) is 0 Å². The van der Waals surface area contributed by atoms with Crippen molar-refractivity contribution >= 4 is 33.2 Å². The van der Waals surface area contributed by atoms with E-state index in [4.69, 9.17) is 11.6 Å². The third kappa shape index (κ3) is 3.13. The summed E-state index contributed by atoms with van der Waals surface area (Å²) in [5.41, 5.74) is 0.752. The molecule has 19 heavy (non-hydrogen) atoms. The summed E-state index contributed by atoms with van der Waals surface area (Å²) in [7, 11) is 1.52. The maximum atomic E-state index is 13.1. The van der Waals surface area contributed by atoms with Crippen molar-refractivity contribution in [1.82, 2.24) is 9.78 Å². The maximum absolute atomic E-state index is 13.1. The number of hydrogen-bond acceptors (Lipinski definition) is 3. The van der Waals surface area contributed by atoms with Gasteiger partial charge < -0.3 is 5.32 Å². The standard InChI is InChI=1S/C12H10BrClFN3O/c1-18-12(19)11(14)10(6-17-18)16-5-7-4-8(15)2-3-9(7)13/h2-4,6,16H,5H2,1H3. The number of rotatable bonds is 3. The number of aryl methyl sites for hydroxylation is 1. The zero-order valence-corrected chi connectivity index (χ0v) is 12.3. The van der Waals surface area contributed by atoms with Crippen molar-refractivity contribution in [3.63, 3.8) is 0 Å². The van der Waals surface area contributed by atoms with Crippen LogP contribution in [0.25, 0.3) is 0 Å². The lowest BCUT2D eigenvalue weighted by Gasteiger charge is -2.10. The van der Waals surface area contributed by atoms with E-state index < -0.39 is 0 Å². The summed E-state index contributed by atoms with van der Waals surface area (Å²) in [4.78, 5) is 11.6. The number of nitrogens with one attached hydrogen (secondary N) is 1. The van der Waals surface area contributed by atoms with Crippen LogP contribution in [0.3, 0.4) is 0 Å². The molecule has 0 atom stereocenters. The van der Waals surface area contributed by atoms with E-state index in [0.29, 0.717) is 12.2 Å². The van der Waals surface area contributed by atoms with Crippen LogP contribution in [-0.2, 0) is 13.6 Å². The second-order valence-electron chi connectivity index (χ2n) is 3.89. The van der Waals surface area contributed by atoms with Gasteiger partial charge in [-0.25, -0.2) is 9.07 Å². The lowest BCUT2D eigenvalue weighted by Crippen LogP contribution is -2.21. The Balaban J connectivity index is 2.22. The fraction of sp³-hybridized carbons (Fsp3) is 0.167. The predicted octanol–water partition coefficient (Wildman–Crippen LogP) is 2.95. The van der Waals surface area contributed by atoms with E-state index in [1.54, 1.807) is 6.07 Å². The van der Waals surface area contributed by atoms with Gasteiger partial charge in [0.2, 0.25) is 0 Å². The van der Waals surface area contributed by atoms with Crippen LogP contribution in [-0.4, -0.2) is 9.78 Å². The van der Waals surface area contributed by atoms with Crippen LogP contribution in [0.15, 0.2) is 33.7 Å². The Kier molecular flexibility index (Phi) is 4.21. The molecule has 0 saturated heterocycles. The molecule has 0 aliphatic rings. The third-order valence-corrected chi connectivity index (χ3v) is 3.69. The molecule has 4 nitrogen and oxygen atoms in total. The van der Waals surface area contributed by atoms with Gasteiger partial charge in [0, 0.05) is 18.1 Å². The minimum atomic E-state index is -0.384. The molecule has 0 radical (unpaired) electrons. The lowest BCUT2D eigenvalue weighted by molar-refractivity contribution is 0.625. The Bertz CT molecular complexity index is 675. The molecule has 0 fully saturated rings. The highest BCUT2D eigenvalue weighted by Crippen LogP contribution is 2.21. The molecule has 0 saturated carbocycles. The van der Waals surface area contributed by atoms with Crippen LogP contribution >= 0.6 is 27.5 Å². The molecular formula is C12H10BrClFN3O. The smallest absolute Gasteiger partial charge is 0.287 e. The Hall–Kier alpha value is -1.40. The summed E-state index contributed by atoms with van der Waals surface area (Å²) in [6.45, 7) is 0.326. The number of anilines is 1. The van der Waals surface area contributed by atoms with E-state index in [2.05, 4.69) is 26.3 Å². The van der Waals surface area contributed by atoms with E-state index in [0.717, 1.165) is 14.7 Å². The topological polar surface area (TPSA) is 46.9 Å². The van der Waals surface area contributed by atoms with Crippen molar-refractivity contribution < 1.29 is 4.39 Å². The van der Waals surface area contributed by atoms with Crippen LogP contribution in [0.1, 0.15) is 5.56 Å². The summed E-state index contributed by atoms with van der Waals surface area (Å²) >= 11 is 9.24. The first-order chi connectivity index (χ1) is 8.99. The molecule has 0 unspecified atom stereocenters. The summed E-state index contributed by atoms with van der Waals surface area (Å²) < 4.78 is 15.0. The summed E-state index contributed by atoms with van der Waals surface area (Å²) in [6, 6.07) is 4.38. The highest BCUT2D eigenvalue weighted by Gasteiger charge is 2.08. The first-order valence-corrected chi connectivity index (χ1v) is 6.55. The van der Waals surface area contributed by atoms with Crippen molar-refractivity contribution in [2.75, 3.05) is 5.32 Å². The summed E-state index contributed by atoms with van der Waals surface area (Å²) in [6.07, 6.45) is 1.46. The molecule has 1 aromatic carbocycles. The average molecular weight is 347 g/mol. The van der Waals surface area contributed by atoms with Crippen molar-refractivity contribution in [2.45, 2.75) is 6.54 Å². The van der Waals surface area contributed by atoms with Gasteiger partial charge in [-0.15, -0.1) is 0 Å². The zero-order valence-electron chi connectivity index (χ0n) is 9.95. The molecule has 0 amide bonds. The minimum absolute atomic E-state index is 0.0602. The molecule has 100 valence electrons. The van der Waals surface area contributed by atoms with E-state index in [-0.39, 0.29) is 16.4 Å². The molecule has 7 heteroatoms.